The normalized spacial score (nSPS) is 9.11. The van der Waals surface area contributed by atoms with Gasteiger partial charge in [0.25, 0.3) is 5.69 Å². The van der Waals surface area contributed by atoms with Crippen molar-refractivity contribution in [3.8, 4) is 24.2 Å². The van der Waals surface area contributed by atoms with Crippen LogP contribution in [-0.2, 0) is 6.54 Å². The zero-order chi connectivity index (χ0) is 12.8. The van der Waals surface area contributed by atoms with Gasteiger partial charge in [0.1, 0.15) is 0 Å². The minimum absolute atomic E-state index is 0.541. The van der Waals surface area contributed by atoms with Crippen LogP contribution in [0.4, 0.5) is 0 Å². The largest absolute Gasteiger partial charge is 0.258 e. The Balaban J connectivity index is 2.37. The molecule has 18 heavy (non-hydrogen) atoms. The van der Waals surface area contributed by atoms with E-state index in [9.17, 15) is 0 Å². The number of hydrogen-bond donors (Lipinski definition) is 0. The lowest BCUT2D eigenvalue weighted by Crippen LogP contribution is -2.36. The van der Waals surface area contributed by atoms with Crippen molar-refractivity contribution in [2.24, 2.45) is 0 Å². The van der Waals surface area contributed by atoms with Gasteiger partial charge in [-0.2, -0.15) is 4.57 Å². The molecule has 0 saturated heterocycles. The third-order valence-corrected chi connectivity index (χ3v) is 2.56. The molecule has 1 nitrogen and oxygen atoms in total. The van der Waals surface area contributed by atoms with Crippen molar-refractivity contribution in [2.75, 3.05) is 0 Å². The van der Waals surface area contributed by atoms with E-state index in [1.54, 1.807) is 0 Å². The van der Waals surface area contributed by atoms with Crippen molar-refractivity contribution >= 4 is 0 Å². The molecule has 0 radical (unpaired) electrons. The molecule has 1 heterocycles. The minimum atomic E-state index is 0.541. The van der Waals surface area contributed by atoms with E-state index in [0.717, 1.165) is 11.3 Å². The third kappa shape index (κ3) is 3.00. The number of pyridine rings is 1. The number of nitrogens with zero attached hydrogens (tertiary/aromatic N) is 1. The summed E-state index contributed by atoms with van der Waals surface area (Å²) in [5.74, 6) is 8.96. The van der Waals surface area contributed by atoms with E-state index in [2.05, 4.69) is 17.8 Å². The van der Waals surface area contributed by atoms with Crippen molar-refractivity contribution < 1.29 is 4.57 Å². The molecule has 0 spiro atoms. The third-order valence-electron chi connectivity index (χ3n) is 2.56. The van der Waals surface area contributed by atoms with E-state index in [-0.39, 0.29) is 0 Å². The zero-order valence-corrected chi connectivity index (χ0v) is 10.4. The molecule has 1 heteroatoms. The molecular formula is C17H14N+. The lowest BCUT2D eigenvalue weighted by Gasteiger charge is -1.96. The highest BCUT2D eigenvalue weighted by molar-refractivity contribution is 5.39. The van der Waals surface area contributed by atoms with E-state index in [1.807, 2.05) is 60.2 Å². The monoisotopic (exact) mass is 232 g/mol. The molecule has 2 rings (SSSR count). The van der Waals surface area contributed by atoms with E-state index >= 15 is 0 Å². The molecule has 0 aliphatic carbocycles. The molecule has 2 aromatic rings. The molecular weight excluding hydrogens is 218 g/mol. The number of aryl methyl sites for hydroxylation is 1. The topological polar surface area (TPSA) is 3.88 Å². The second-order valence-corrected chi connectivity index (χ2v) is 4.04. The van der Waals surface area contributed by atoms with Crippen LogP contribution in [0, 0.1) is 31.1 Å². The van der Waals surface area contributed by atoms with Gasteiger partial charge < -0.3 is 0 Å². The Morgan fingerprint density at radius 3 is 2.61 bits per heavy atom. The first-order chi connectivity index (χ1) is 8.79. The fourth-order valence-electron chi connectivity index (χ4n) is 1.64. The predicted octanol–water partition coefficient (Wildman–Crippen LogP) is 2.32. The number of benzene rings is 1. The minimum Gasteiger partial charge on any atom is -0.180 e. The van der Waals surface area contributed by atoms with Crippen LogP contribution in [0.2, 0.25) is 0 Å². The Hall–Kier alpha value is -2.51. The van der Waals surface area contributed by atoms with Gasteiger partial charge in [-0.25, -0.2) is 0 Å². The van der Waals surface area contributed by atoms with Crippen LogP contribution in [-0.4, -0.2) is 0 Å². The summed E-state index contributed by atoms with van der Waals surface area (Å²) in [6.45, 7) is 2.59. The van der Waals surface area contributed by atoms with Gasteiger partial charge in [0.15, 0.2) is 6.20 Å². The Morgan fingerprint density at radius 2 is 1.89 bits per heavy atom. The lowest BCUT2D eigenvalue weighted by molar-refractivity contribution is -0.687. The highest BCUT2D eigenvalue weighted by atomic mass is 14.9. The molecule has 0 saturated carbocycles. The summed E-state index contributed by atoms with van der Waals surface area (Å²) in [7, 11) is 0. The summed E-state index contributed by atoms with van der Waals surface area (Å²) >= 11 is 0. The fraction of sp³-hybridized carbons (Fsp3) is 0.118. The molecule has 0 bridgehead atoms. The second kappa shape index (κ2) is 5.71. The van der Waals surface area contributed by atoms with Crippen LogP contribution in [0.15, 0.2) is 48.7 Å². The van der Waals surface area contributed by atoms with Gasteiger partial charge >= 0.3 is 0 Å². The van der Waals surface area contributed by atoms with Crippen molar-refractivity contribution in [3.63, 3.8) is 0 Å². The average molecular weight is 232 g/mol. The SMILES string of the molecule is C#CC[n+]1ccc(C)cc1C#Cc1ccccc1. The summed E-state index contributed by atoms with van der Waals surface area (Å²) in [6, 6.07) is 14.0. The summed E-state index contributed by atoms with van der Waals surface area (Å²) in [5.41, 5.74) is 3.13. The predicted molar refractivity (Wildman–Crippen MR) is 72.6 cm³/mol. The van der Waals surface area contributed by atoms with Crippen LogP contribution in [0.5, 0.6) is 0 Å². The van der Waals surface area contributed by atoms with Crippen molar-refractivity contribution in [1.82, 2.24) is 0 Å². The van der Waals surface area contributed by atoms with Crippen LogP contribution >= 0.6 is 0 Å². The first-order valence-electron chi connectivity index (χ1n) is 5.80. The molecule has 0 unspecified atom stereocenters. The molecule has 0 fully saturated rings. The van der Waals surface area contributed by atoms with Gasteiger partial charge in [0.2, 0.25) is 6.54 Å². The van der Waals surface area contributed by atoms with Crippen LogP contribution in [0.3, 0.4) is 0 Å². The van der Waals surface area contributed by atoms with E-state index < -0.39 is 0 Å². The van der Waals surface area contributed by atoms with Crippen LogP contribution < -0.4 is 4.57 Å². The standard InChI is InChI=1S/C17H14N/c1-3-12-18-13-11-15(2)14-17(18)10-9-16-7-5-4-6-8-16/h1,4-8,11,13-14H,12H2,2H3/q+1. The summed E-state index contributed by atoms with van der Waals surface area (Å²) in [4.78, 5) is 0. The molecule has 1 aromatic heterocycles. The molecule has 0 aliphatic heterocycles. The maximum atomic E-state index is 5.36. The maximum absolute atomic E-state index is 5.36. The second-order valence-electron chi connectivity index (χ2n) is 4.04. The molecule has 0 N–H and O–H groups in total. The van der Waals surface area contributed by atoms with Gasteiger partial charge in [-0.3, -0.25) is 0 Å². The number of hydrogen-bond acceptors (Lipinski definition) is 0. The first-order valence-corrected chi connectivity index (χ1v) is 5.80. The maximum Gasteiger partial charge on any atom is 0.258 e. The highest BCUT2D eigenvalue weighted by Crippen LogP contribution is 1.99. The average Bonchev–Trinajstić information content (AvgIpc) is 2.40. The Kier molecular flexibility index (Phi) is 3.79. The summed E-state index contributed by atoms with van der Waals surface area (Å²) < 4.78 is 1.98. The van der Waals surface area contributed by atoms with Crippen molar-refractivity contribution in [2.45, 2.75) is 13.5 Å². The molecule has 0 amide bonds. The van der Waals surface area contributed by atoms with Crippen LogP contribution in [0.25, 0.3) is 0 Å². The Morgan fingerprint density at radius 1 is 1.11 bits per heavy atom. The number of rotatable bonds is 1. The van der Waals surface area contributed by atoms with Crippen LogP contribution in [0.1, 0.15) is 16.8 Å². The quantitative estimate of drug-likeness (QED) is 0.525. The summed E-state index contributed by atoms with van der Waals surface area (Å²) in [5, 5.41) is 0. The molecule has 86 valence electrons. The van der Waals surface area contributed by atoms with Gasteiger partial charge in [0.05, 0.1) is 0 Å². The number of terminal acetylenes is 1. The Bertz CT molecular complexity index is 637. The van der Waals surface area contributed by atoms with E-state index in [1.165, 1.54) is 5.56 Å². The Labute approximate surface area is 108 Å². The van der Waals surface area contributed by atoms with Gasteiger partial charge in [-0.1, -0.05) is 24.1 Å². The van der Waals surface area contributed by atoms with Gasteiger partial charge in [0, 0.05) is 23.6 Å². The van der Waals surface area contributed by atoms with Crippen molar-refractivity contribution in [1.29, 1.82) is 0 Å². The van der Waals surface area contributed by atoms with E-state index in [4.69, 9.17) is 6.42 Å². The smallest absolute Gasteiger partial charge is 0.180 e. The zero-order valence-electron chi connectivity index (χ0n) is 10.4. The first kappa shape index (κ1) is 12.0. The van der Waals surface area contributed by atoms with Gasteiger partial charge in [-0.15, -0.1) is 6.42 Å². The molecule has 0 aliphatic rings. The van der Waals surface area contributed by atoms with E-state index in [0.29, 0.717) is 6.54 Å². The highest BCUT2D eigenvalue weighted by Gasteiger charge is 2.05. The molecule has 1 aromatic carbocycles. The van der Waals surface area contributed by atoms with Gasteiger partial charge in [-0.05, 0) is 30.5 Å². The van der Waals surface area contributed by atoms with Crippen molar-refractivity contribution in [3.05, 3.63) is 65.5 Å². The fourth-order valence-corrected chi connectivity index (χ4v) is 1.64. The number of aromatic nitrogens is 1. The lowest BCUT2D eigenvalue weighted by atomic mass is 10.2. The molecule has 0 atom stereocenters. The summed E-state index contributed by atoms with van der Waals surface area (Å²) in [6.07, 6.45) is 7.33.